The number of hydrogen-bond donors (Lipinski definition) is 1. The molecule has 0 radical (unpaired) electrons. The normalized spacial score (nSPS) is 26.9. The van der Waals surface area contributed by atoms with Gasteiger partial charge in [0, 0.05) is 0 Å². The van der Waals surface area contributed by atoms with E-state index in [0.29, 0.717) is 0 Å². The lowest BCUT2D eigenvalue weighted by atomic mass is 9.89. The predicted molar refractivity (Wildman–Crippen MR) is 85.4 cm³/mol. The largest absolute Gasteiger partial charge is 0.462 e. The Kier molecular flexibility index (Phi) is 6.41. The minimum absolute atomic E-state index is 0.0508. The number of ether oxygens (including phenoxy) is 2. The maximum Gasteiger partial charge on any atom is 0.325 e. The second kappa shape index (κ2) is 7.44. The van der Waals surface area contributed by atoms with Crippen LogP contribution in [0.15, 0.2) is 0 Å². The molecule has 5 nitrogen and oxygen atoms in total. The minimum Gasteiger partial charge on any atom is -0.462 e. The van der Waals surface area contributed by atoms with Crippen molar-refractivity contribution in [2.24, 2.45) is 5.92 Å². The number of unbranched alkanes of at least 4 members (excludes halogenated alkanes) is 1. The van der Waals surface area contributed by atoms with Crippen molar-refractivity contribution in [2.75, 3.05) is 6.61 Å². The number of hydrogen-bond acceptors (Lipinski definition) is 5. The van der Waals surface area contributed by atoms with Gasteiger partial charge in [-0.25, -0.2) is 0 Å². The summed E-state index contributed by atoms with van der Waals surface area (Å²) in [6, 6.07) is 0. The molecular formula is C17H31NO4. The first-order chi connectivity index (χ1) is 10.2. The number of esters is 2. The van der Waals surface area contributed by atoms with E-state index in [1.807, 2.05) is 20.8 Å². The molecule has 0 spiro atoms. The average molecular weight is 313 g/mol. The Labute approximate surface area is 134 Å². The highest BCUT2D eigenvalue weighted by Crippen LogP contribution is 2.26. The van der Waals surface area contributed by atoms with Crippen molar-refractivity contribution >= 4 is 11.9 Å². The molecule has 1 aliphatic rings. The topological polar surface area (TPSA) is 64.6 Å². The number of rotatable bonds is 7. The zero-order valence-electron chi connectivity index (χ0n) is 14.8. The fourth-order valence-electron chi connectivity index (χ4n) is 2.76. The van der Waals surface area contributed by atoms with Crippen LogP contribution < -0.4 is 5.32 Å². The van der Waals surface area contributed by atoms with E-state index in [-0.39, 0.29) is 30.6 Å². The summed E-state index contributed by atoms with van der Waals surface area (Å²) in [5.41, 5.74) is -1.35. The highest BCUT2D eigenvalue weighted by Gasteiger charge is 2.47. The third kappa shape index (κ3) is 4.45. The van der Waals surface area contributed by atoms with E-state index >= 15 is 0 Å². The lowest BCUT2D eigenvalue weighted by molar-refractivity contribution is -0.173. The summed E-state index contributed by atoms with van der Waals surface area (Å²) in [5, 5.41) is 3.27. The van der Waals surface area contributed by atoms with Crippen LogP contribution in [0.4, 0.5) is 0 Å². The van der Waals surface area contributed by atoms with Gasteiger partial charge in [0.1, 0.15) is 18.2 Å². The number of morpholine rings is 1. The Bertz CT molecular complexity index is 407. The molecule has 0 aromatic carbocycles. The van der Waals surface area contributed by atoms with Gasteiger partial charge >= 0.3 is 11.9 Å². The first-order valence-electron chi connectivity index (χ1n) is 8.33. The van der Waals surface area contributed by atoms with E-state index in [1.54, 1.807) is 13.8 Å². The maximum atomic E-state index is 12.3. The van der Waals surface area contributed by atoms with E-state index in [9.17, 15) is 9.59 Å². The van der Waals surface area contributed by atoms with Crippen LogP contribution in [0.5, 0.6) is 0 Å². The molecule has 1 aliphatic heterocycles. The summed E-state index contributed by atoms with van der Waals surface area (Å²) in [4.78, 5) is 24.1. The molecule has 1 rings (SSSR count). The van der Waals surface area contributed by atoms with Crippen molar-refractivity contribution in [3.63, 3.8) is 0 Å². The molecule has 1 saturated heterocycles. The molecular weight excluding hydrogens is 282 g/mol. The Hall–Kier alpha value is -1.10. The fourth-order valence-corrected chi connectivity index (χ4v) is 2.76. The van der Waals surface area contributed by atoms with Crippen molar-refractivity contribution in [2.45, 2.75) is 84.4 Å². The van der Waals surface area contributed by atoms with Gasteiger partial charge in [-0.05, 0) is 40.5 Å². The number of nitrogens with one attached hydrogen (secondary N) is 1. The van der Waals surface area contributed by atoms with Crippen molar-refractivity contribution in [3.05, 3.63) is 0 Å². The standard InChI is InChI=1S/C17H31NO4/c1-7-9-10-13(8-2)14(19)22-12(3)17(6)11-21-15(20)16(4,5)18-17/h12-13,18H,7-11H2,1-6H3. The van der Waals surface area contributed by atoms with E-state index in [0.717, 1.165) is 25.7 Å². The lowest BCUT2D eigenvalue weighted by Crippen LogP contribution is -2.69. The molecule has 0 aromatic heterocycles. The molecule has 0 aromatic rings. The van der Waals surface area contributed by atoms with Crippen LogP contribution in [0.3, 0.4) is 0 Å². The zero-order valence-corrected chi connectivity index (χ0v) is 14.8. The SMILES string of the molecule is CCCCC(CC)C(=O)OC(C)C1(C)COC(=O)C(C)(C)N1. The van der Waals surface area contributed by atoms with Crippen molar-refractivity contribution in [1.29, 1.82) is 0 Å². The van der Waals surface area contributed by atoms with Gasteiger partial charge in [-0.15, -0.1) is 0 Å². The summed E-state index contributed by atoms with van der Waals surface area (Å²) in [7, 11) is 0. The molecule has 22 heavy (non-hydrogen) atoms. The van der Waals surface area contributed by atoms with Gasteiger partial charge < -0.3 is 9.47 Å². The van der Waals surface area contributed by atoms with Crippen LogP contribution in [0.1, 0.15) is 67.2 Å². The summed E-state index contributed by atoms with van der Waals surface area (Å²) in [6.07, 6.45) is 3.38. The second-order valence-corrected chi connectivity index (χ2v) is 7.07. The predicted octanol–water partition coefficient (Wildman–Crippen LogP) is 2.82. The van der Waals surface area contributed by atoms with E-state index in [1.165, 1.54) is 0 Å². The van der Waals surface area contributed by atoms with Crippen LogP contribution in [-0.4, -0.2) is 35.7 Å². The molecule has 128 valence electrons. The highest BCUT2D eigenvalue weighted by atomic mass is 16.6. The van der Waals surface area contributed by atoms with Gasteiger partial charge in [-0.2, -0.15) is 0 Å². The zero-order chi connectivity index (χ0) is 17.0. The molecule has 1 fully saturated rings. The summed E-state index contributed by atoms with van der Waals surface area (Å²) in [6.45, 7) is 11.7. The molecule has 0 bridgehead atoms. The monoisotopic (exact) mass is 313 g/mol. The average Bonchev–Trinajstić information content (AvgIpc) is 2.43. The summed E-state index contributed by atoms with van der Waals surface area (Å²) in [5.74, 6) is -0.482. The van der Waals surface area contributed by atoms with Crippen molar-refractivity contribution in [3.8, 4) is 0 Å². The van der Waals surface area contributed by atoms with Gasteiger partial charge in [-0.3, -0.25) is 14.9 Å². The van der Waals surface area contributed by atoms with Crippen LogP contribution in [0.2, 0.25) is 0 Å². The molecule has 0 aliphatic carbocycles. The quantitative estimate of drug-likeness (QED) is 0.732. The van der Waals surface area contributed by atoms with Crippen LogP contribution in [0, 0.1) is 5.92 Å². The van der Waals surface area contributed by atoms with Gasteiger partial charge in [0.05, 0.1) is 11.5 Å². The van der Waals surface area contributed by atoms with Gasteiger partial charge in [0.15, 0.2) is 0 Å². The summed E-state index contributed by atoms with van der Waals surface area (Å²) >= 11 is 0. The lowest BCUT2D eigenvalue weighted by Gasteiger charge is -2.45. The van der Waals surface area contributed by atoms with E-state index in [2.05, 4.69) is 12.2 Å². The molecule has 3 unspecified atom stereocenters. The molecule has 0 saturated carbocycles. The Morgan fingerprint density at radius 3 is 2.50 bits per heavy atom. The smallest absolute Gasteiger partial charge is 0.325 e. The molecule has 5 heteroatoms. The highest BCUT2D eigenvalue weighted by molar-refractivity contribution is 5.81. The maximum absolute atomic E-state index is 12.3. The molecule has 0 amide bonds. The number of carbonyl (C=O) groups is 2. The van der Waals surface area contributed by atoms with Crippen LogP contribution in [-0.2, 0) is 19.1 Å². The Morgan fingerprint density at radius 1 is 1.36 bits per heavy atom. The van der Waals surface area contributed by atoms with E-state index < -0.39 is 11.1 Å². The first kappa shape index (κ1) is 18.9. The van der Waals surface area contributed by atoms with Crippen molar-refractivity contribution < 1.29 is 19.1 Å². The molecule has 1 N–H and O–H groups in total. The third-order valence-corrected chi connectivity index (χ3v) is 4.53. The van der Waals surface area contributed by atoms with Crippen molar-refractivity contribution in [1.82, 2.24) is 5.32 Å². The number of carbonyl (C=O) groups excluding carboxylic acids is 2. The third-order valence-electron chi connectivity index (χ3n) is 4.53. The van der Waals surface area contributed by atoms with E-state index in [4.69, 9.17) is 9.47 Å². The Morgan fingerprint density at radius 2 is 2.00 bits per heavy atom. The van der Waals surface area contributed by atoms with Gasteiger partial charge in [-0.1, -0.05) is 26.7 Å². The van der Waals surface area contributed by atoms with Gasteiger partial charge in [0.2, 0.25) is 0 Å². The summed E-state index contributed by atoms with van der Waals surface area (Å²) < 4.78 is 10.9. The minimum atomic E-state index is -0.778. The molecule has 1 heterocycles. The van der Waals surface area contributed by atoms with Crippen LogP contribution >= 0.6 is 0 Å². The van der Waals surface area contributed by atoms with Gasteiger partial charge in [0.25, 0.3) is 0 Å². The fraction of sp³-hybridized carbons (Fsp3) is 0.882. The first-order valence-corrected chi connectivity index (χ1v) is 8.33. The molecule has 3 atom stereocenters. The van der Waals surface area contributed by atoms with Crippen LogP contribution in [0.25, 0.3) is 0 Å². The second-order valence-electron chi connectivity index (χ2n) is 7.07. The number of cyclic esters (lactones) is 1. The Balaban J connectivity index is 2.68.